The lowest BCUT2D eigenvalue weighted by atomic mass is 9.94. The first-order chi connectivity index (χ1) is 11.5. The third kappa shape index (κ3) is 5.13. The molecule has 0 spiro atoms. The van der Waals surface area contributed by atoms with Crippen LogP contribution in [0.15, 0.2) is 18.2 Å². The van der Waals surface area contributed by atoms with Gasteiger partial charge in [-0.15, -0.1) is 0 Å². The van der Waals surface area contributed by atoms with Crippen LogP contribution in [0.4, 0.5) is 0 Å². The minimum Gasteiger partial charge on any atom is -0.493 e. The topological polar surface area (TPSA) is 59.6 Å². The highest BCUT2D eigenvalue weighted by Gasteiger charge is 2.23. The third-order valence-electron chi connectivity index (χ3n) is 4.52. The third-order valence-corrected chi connectivity index (χ3v) is 4.52. The molecule has 0 bridgehead atoms. The molecule has 0 aromatic heterocycles. The predicted molar refractivity (Wildman–Crippen MR) is 95.8 cm³/mol. The molecule has 134 valence electrons. The molecule has 0 saturated carbocycles. The van der Waals surface area contributed by atoms with Crippen molar-refractivity contribution in [2.75, 3.05) is 26.8 Å². The first kappa shape index (κ1) is 18.6. The van der Waals surface area contributed by atoms with Crippen molar-refractivity contribution in [3.8, 4) is 11.5 Å². The van der Waals surface area contributed by atoms with Crippen LogP contribution in [0.5, 0.6) is 11.5 Å². The van der Waals surface area contributed by atoms with E-state index in [4.69, 9.17) is 9.47 Å². The highest BCUT2D eigenvalue weighted by Crippen LogP contribution is 2.28. The molecule has 1 aliphatic rings. The normalized spacial score (nSPS) is 20.7. The van der Waals surface area contributed by atoms with E-state index in [9.17, 15) is 4.79 Å². The van der Waals surface area contributed by atoms with E-state index in [1.807, 2.05) is 6.07 Å². The number of methoxy groups -OCH3 is 1. The second kappa shape index (κ2) is 8.92. The average Bonchev–Trinajstić information content (AvgIpc) is 2.56. The Morgan fingerprint density at radius 2 is 2.17 bits per heavy atom. The average molecular weight is 334 g/mol. The van der Waals surface area contributed by atoms with Gasteiger partial charge in [0.15, 0.2) is 11.5 Å². The maximum absolute atomic E-state index is 12.5. The second-order valence-corrected chi connectivity index (χ2v) is 6.95. The van der Waals surface area contributed by atoms with Gasteiger partial charge < -0.3 is 20.1 Å². The van der Waals surface area contributed by atoms with Crippen molar-refractivity contribution in [3.63, 3.8) is 0 Å². The van der Waals surface area contributed by atoms with Gasteiger partial charge in [-0.05, 0) is 49.4 Å². The minimum absolute atomic E-state index is 0.0671. The van der Waals surface area contributed by atoms with Crippen LogP contribution in [-0.2, 0) is 0 Å². The van der Waals surface area contributed by atoms with E-state index < -0.39 is 0 Å². The molecular formula is C19H30N2O3. The monoisotopic (exact) mass is 334 g/mol. The molecule has 2 rings (SSSR count). The number of hydrogen-bond acceptors (Lipinski definition) is 4. The number of piperidine rings is 1. The molecule has 0 aliphatic carbocycles. The van der Waals surface area contributed by atoms with Crippen LogP contribution in [-0.4, -0.2) is 38.8 Å². The van der Waals surface area contributed by atoms with Gasteiger partial charge in [0.25, 0.3) is 5.91 Å². The van der Waals surface area contributed by atoms with Gasteiger partial charge in [-0.1, -0.05) is 20.8 Å². The molecule has 1 fully saturated rings. The maximum Gasteiger partial charge on any atom is 0.251 e. The minimum atomic E-state index is -0.0671. The van der Waals surface area contributed by atoms with Crippen LogP contribution in [0.2, 0.25) is 0 Å². The van der Waals surface area contributed by atoms with Crippen molar-refractivity contribution in [1.82, 2.24) is 10.6 Å². The van der Waals surface area contributed by atoms with Crippen LogP contribution in [0.25, 0.3) is 0 Å². The number of nitrogens with one attached hydrogen (secondary N) is 2. The van der Waals surface area contributed by atoms with E-state index in [0.29, 0.717) is 35.5 Å². The van der Waals surface area contributed by atoms with Gasteiger partial charge in [0.05, 0.1) is 13.7 Å². The largest absolute Gasteiger partial charge is 0.493 e. The molecule has 1 heterocycles. The fraction of sp³-hybridized carbons (Fsp3) is 0.632. The summed E-state index contributed by atoms with van der Waals surface area (Å²) < 4.78 is 11.2. The summed E-state index contributed by atoms with van der Waals surface area (Å²) in [5.74, 6) is 2.29. The Labute approximate surface area is 145 Å². The maximum atomic E-state index is 12.5. The zero-order valence-electron chi connectivity index (χ0n) is 15.2. The summed E-state index contributed by atoms with van der Waals surface area (Å²) in [5, 5.41) is 6.44. The fourth-order valence-electron chi connectivity index (χ4n) is 2.77. The van der Waals surface area contributed by atoms with Gasteiger partial charge in [0, 0.05) is 18.2 Å². The molecule has 2 N–H and O–H groups in total. The van der Waals surface area contributed by atoms with E-state index in [2.05, 4.69) is 31.4 Å². The van der Waals surface area contributed by atoms with Gasteiger partial charge in [-0.3, -0.25) is 4.79 Å². The Morgan fingerprint density at radius 1 is 1.38 bits per heavy atom. The lowest BCUT2D eigenvalue weighted by molar-refractivity contribution is 0.0915. The SMILES string of the molecule is COc1cc(C(=O)NC2CNCCC2C)ccc1OCCC(C)C. The Morgan fingerprint density at radius 3 is 2.83 bits per heavy atom. The van der Waals surface area contributed by atoms with E-state index in [1.54, 1.807) is 19.2 Å². The summed E-state index contributed by atoms with van der Waals surface area (Å²) in [6.07, 6.45) is 2.06. The summed E-state index contributed by atoms with van der Waals surface area (Å²) in [6.45, 7) is 8.98. The molecular weight excluding hydrogens is 304 g/mol. The van der Waals surface area contributed by atoms with E-state index in [-0.39, 0.29) is 11.9 Å². The lowest BCUT2D eigenvalue weighted by Crippen LogP contribution is -2.50. The summed E-state index contributed by atoms with van der Waals surface area (Å²) in [6, 6.07) is 5.53. The second-order valence-electron chi connectivity index (χ2n) is 6.95. The lowest BCUT2D eigenvalue weighted by Gasteiger charge is -2.30. The van der Waals surface area contributed by atoms with Crippen molar-refractivity contribution in [2.45, 2.75) is 39.7 Å². The zero-order chi connectivity index (χ0) is 17.5. The Kier molecular flexibility index (Phi) is 6.91. The predicted octanol–water partition coefficient (Wildman–Crippen LogP) is 2.85. The quantitative estimate of drug-likeness (QED) is 0.805. The van der Waals surface area contributed by atoms with Crippen molar-refractivity contribution >= 4 is 5.91 Å². The molecule has 1 aliphatic heterocycles. The number of carbonyl (C=O) groups is 1. The van der Waals surface area contributed by atoms with Crippen molar-refractivity contribution in [1.29, 1.82) is 0 Å². The van der Waals surface area contributed by atoms with Gasteiger partial charge >= 0.3 is 0 Å². The van der Waals surface area contributed by atoms with Gasteiger partial charge in [-0.2, -0.15) is 0 Å². The van der Waals surface area contributed by atoms with Crippen LogP contribution >= 0.6 is 0 Å². The van der Waals surface area contributed by atoms with E-state index in [1.165, 1.54) is 0 Å². The van der Waals surface area contributed by atoms with Crippen molar-refractivity contribution in [3.05, 3.63) is 23.8 Å². The number of benzene rings is 1. The Hall–Kier alpha value is -1.75. The van der Waals surface area contributed by atoms with Crippen LogP contribution < -0.4 is 20.1 Å². The highest BCUT2D eigenvalue weighted by atomic mass is 16.5. The molecule has 5 nitrogen and oxygen atoms in total. The molecule has 24 heavy (non-hydrogen) atoms. The molecule has 2 unspecified atom stereocenters. The molecule has 1 amide bonds. The number of amides is 1. The van der Waals surface area contributed by atoms with Crippen LogP contribution in [0, 0.1) is 11.8 Å². The molecule has 5 heteroatoms. The Balaban J connectivity index is 2.00. The summed E-state index contributed by atoms with van der Waals surface area (Å²) in [7, 11) is 1.60. The van der Waals surface area contributed by atoms with E-state index >= 15 is 0 Å². The molecule has 0 radical (unpaired) electrons. The Bertz CT molecular complexity index is 545. The molecule has 2 atom stereocenters. The van der Waals surface area contributed by atoms with Gasteiger partial charge in [0.1, 0.15) is 0 Å². The number of carbonyl (C=O) groups excluding carboxylic acids is 1. The first-order valence-electron chi connectivity index (χ1n) is 8.83. The summed E-state index contributed by atoms with van der Waals surface area (Å²) >= 11 is 0. The number of ether oxygens (including phenoxy) is 2. The number of hydrogen-bond donors (Lipinski definition) is 2. The molecule has 1 saturated heterocycles. The summed E-state index contributed by atoms with van der Waals surface area (Å²) in [5.41, 5.74) is 0.598. The number of rotatable bonds is 7. The van der Waals surface area contributed by atoms with Crippen molar-refractivity contribution < 1.29 is 14.3 Å². The van der Waals surface area contributed by atoms with Gasteiger partial charge in [0.2, 0.25) is 0 Å². The first-order valence-corrected chi connectivity index (χ1v) is 8.83. The van der Waals surface area contributed by atoms with Crippen LogP contribution in [0.1, 0.15) is 44.0 Å². The van der Waals surface area contributed by atoms with Crippen molar-refractivity contribution in [2.24, 2.45) is 11.8 Å². The fourth-order valence-corrected chi connectivity index (χ4v) is 2.77. The van der Waals surface area contributed by atoms with E-state index in [0.717, 1.165) is 25.9 Å². The molecule has 1 aromatic rings. The molecule has 1 aromatic carbocycles. The summed E-state index contributed by atoms with van der Waals surface area (Å²) in [4.78, 5) is 12.5. The zero-order valence-corrected chi connectivity index (χ0v) is 15.2. The highest BCUT2D eigenvalue weighted by molar-refractivity contribution is 5.95. The standard InChI is InChI=1S/C19H30N2O3/c1-13(2)8-10-24-17-6-5-15(11-18(17)23-4)19(22)21-16-12-20-9-7-14(16)3/h5-6,11,13-14,16,20H,7-10,12H2,1-4H3,(H,21,22). The van der Waals surface area contributed by atoms with Gasteiger partial charge in [-0.25, -0.2) is 0 Å². The van der Waals surface area contributed by atoms with Crippen LogP contribution in [0.3, 0.4) is 0 Å². The smallest absolute Gasteiger partial charge is 0.251 e.